The summed E-state index contributed by atoms with van der Waals surface area (Å²) in [6, 6.07) is 1.11. The Balaban J connectivity index is 2.73. The first-order valence-corrected chi connectivity index (χ1v) is 4.58. The predicted molar refractivity (Wildman–Crippen MR) is 49.7 cm³/mol. The standard InChI is InChI=1S/C9H10F4N2O2/c1-5(16)6-3-7(15(2)14-6)17-4-9(12,13)8(10)11/h3,8H,4H2,1-2H3. The topological polar surface area (TPSA) is 44.1 Å². The van der Waals surface area contributed by atoms with Gasteiger partial charge in [0.2, 0.25) is 5.88 Å². The molecule has 0 spiro atoms. The number of hydrogen-bond donors (Lipinski definition) is 0. The molecule has 8 heteroatoms. The summed E-state index contributed by atoms with van der Waals surface area (Å²) < 4.78 is 54.3. The highest BCUT2D eigenvalue weighted by atomic mass is 19.3. The number of carbonyl (C=O) groups excluding carboxylic acids is 1. The van der Waals surface area contributed by atoms with Crippen LogP contribution in [0.4, 0.5) is 17.6 Å². The lowest BCUT2D eigenvalue weighted by atomic mass is 10.3. The zero-order valence-corrected chi connectivity index (χ0v) is 9.08. The molecule has 0 aromatic carbocycles. The molecule has 17 heavy (non-hydrogen) atoms. The van der Waals surface area contributed by atoms with E-state index in [0.29, 0.717) is 0 Å². The van der Waals surface area contributed by atoms with Crippen molar-refractivity contribution in [1.82, 2.24) is 9.78 Å². The maximum Gasteiger partial charge on any atom is 0.340 e. The maximum absolute atomic E-state index is 12.6. The van der Waals surface area contributed by atoms with Gasteiger partial charge >= 0.3 is 12.3 Å². The molecular formula is C9H10F4N2O2. The first-order valence-electron chi connectivity index (χ1n) is 4.58. The number of halogens is 4. The molecule has 0 atom stereocenters. The van der Waals surface area contributed by atoms with E-state index in [2.05, 4.69) is 9.84 Å². The second-order valence-electron chi connectivity index (χ2n) is 3.40. The van der Waals surface area contributed by atoms with Gasteiger partial charge < -0.3 is 4.74 Å². The number of nitrogens with zero attached hydrogens (tertiary/aromatic N) is 2. The number of ketones is 1. The number of carbonyl (C=O) groups is 1. The molecule has 0 N–H and O–H groups in total. The molecule has 1 aromatic rings. The van der Waals surface area contributed by atoms with E-state index in [0.717, 1.165) is 10.7 Å². The summed E-state index contributed by atoms with van der Waals surface area (Å²) in [5.41, 5.74) is 0.0165. The molecule has 0 saturated carbocycles. The third kappa shape index (κ3) is 3.18. The van der Waals surface area contributed by atoms with Crippen molar-refractivity contribution in [3.8, 4) is 5.88 Å². The van der Waals surface area contributed by atoms with Crippen LogP contribution in [-0.2, 0) is 7.05 Å². The van der Waals surface area contributed by atoms with Gasteiger partial charge in [-0.25, -0.2) is 13.5 Å². The monoisotopic (exact) mass is 254 g/mol. The minimum atomic E-state index is -4.24. The molecule has 0 bridgehead atoms. The molecule has 0 aliphatic carbocycles. The zero-order chi connectivity index (χ0) is 13.2. The highest BCUT2D eigenvalue weighted by molar-refractivity contribution is 5.92. The van der Waals surface area contributed by atoms with E-state index < -0.39 is 19.0 Å². The van der Waals surface area contributed by atoms with Crippen LogP contribution in [0.5, 0.6) is 5.88 Å². The van der Waals surface area contributed by atoms with Crippen molar-refractivity contribution in [3.05, 3.63) is 11.8 Å². The van der Waals surface area contributed by atoms with Crippen LogP contribution in [0, 0.1) is 0 Å². The third-order valence-corrected chi connectivity index (χ3v) is 1.93. The molecule has 0 amide bonds. The third-order valence-electron chi connectivity index (χ3n) is 1.93. The van der Waals surface area contributed by atoms with Crippen molar-refractivity contribution in [2.75, 3.05) is 6.61 Å². The molecule has 1 heterocycles. The Hall–Kier alpha value is -1.60. The van der Waals surface area contributed by atoms with Crippen molar-refractivity contribution in [2.45, 2.75) is 19.3 Å². The van der Waals surface area contributed by atoms with E-state index >= 15 is 0 Å². The molecule has 0 unspecified atom stereocenters. The molecule has 96 valence electrons. The van der Waals surface area contributed by atoms with Gasteiger partial charge in [-0.3, -0.25) is 4.79 Å². The van der Waals surface area contributed by atoms with Crippen LogP contribution in [-0.4, -0.2) is 34.5 Å². The number of ether oxygens (including phenoxy) is 1. The van der Waals surface area contributed by atoms with Gasteiger partial charge in [0, 0.05) is 20.0 Å². The van der Waals surface area contributed by atoms with Gasteiger partial charge in [-0.1, -0.05) is 0 Å². The fourth-order valence-electron chi connectivity index (χ4n) is 0.990. The van der Waals surface area contributed by atoms with Gasteiger partial charge in [-0.2, -0.15) is 13.9 Å². The molecule has 0 saturated heterocycles. The van der Waals surface area contributed by atoms with E-state index in [1.807, 2.05) is 0 Å². The summed E-state index contributed by atoms with van der Waals surface area (Å²) in [6.45, 7) is -0.235. The fourth-order valence-corrected chi connectivity index (χ4v) is 0.990. The Labute approximate surface area is 94.2 Å². The van der Waals surface area contributed by atoms with Gasteiger partial charge in [0.05, 0.1) is 0 Å². The Morgan fingerprint density at radius 1 is 1.59 bits per heavy atom. The van der Waals surface area contributed by atoms with Gasteiger partial charge in [0.1, 0.15) is 5.69 Å². The molecule has 1 aromatic heterocycles. The summed E-state index contributed by atoms with van der Waals surface area (Å²) >= 11 is 0. The Bertz CT molecular complexity index is 417. The maximum atomic E-state index is 12.6. The first-order chi connectivity index (χ1) is 7.74. The molecular weight excluding hydrogens is 244 g/mol. The van der Waals surface area contributed by atoms with Crippen LogP contribution in [0.15, 0.2) is 6.07 Å². The second kappa shape index (κ2) is 4.72. The van der Waals surface area contributed by atoms with Crippen LogP contribution in [0.3, 0.4) is 0 Å². The largest absolute Gasteiger partial charge is 0.471 e. The SMILES string of the molecule is CC(=O)c1cc(OCC(F)(F)C(F)F)n(C)n1. The first kappa shape index (κ1) is 13.5. The van der Waals surface area contributed by atoms with E-state index in [4.69, 9.17) is 0 Å². The quantitative estimate of drug-likeness (QED) is 0.595. The summed E-state index contributed by atoms with van der Waals surface area (Å²) in [7, 11) is 1.35. The molecule has 0 aliphatic rings. The molecule has 1 rings (SSSR count). The number of hydrogen-bond acceptors (Lipinski definition) is 3. The van der Waals surface area contributed by atoms with E-state index in [1.54, 1.807) is 0 Å². The lowest BCUT2D eigenvalue weighted by Gasteiger charge is -2.15. The molecule has 0 radical (unpaired) electrons. The van der Waals surface area contributed by atoms with E-state index in [-0.39, 0.29) is 17.4 Å². The van der Waals surface area contributed by atoms with E-state index in [9.17, 15) is 22.4 Å². The average Bonchev–Trinajstić information content (AvgIpc) is 2.57. The van der Waals surface area contributed by atoms with Crippen LogP contribution in [0.25, 0.3) is 0 Å². The lowest BCUT2D eigenvalue weighted by Crippen LogP contribution is -2.34. The Morgan fingerprint density at radius 2 is 2.18 bits per heavy atom. The summed E-state index contributed by atoms with van der Waals surface area (Å²) in [4.78, 5) is 10.9. The summed E-state index contributed by atoms with van der Waals surface area (Å²) in [5.74, 6) is -4.78. The van der Waals surface area contributed by atoms with Crippen molar-refractivity contribution in [3.63, 3.8) is 0 Å². The zero-order valence-electron chi connectivity index (χ0n) is 9.08. The lowest BCUT2D eigenvalue weighted by molar-refractivity contribution is -0.149. The summed E-state index contributed by atoms with van der Waals surface area (Å²) in [6.07, 6.45) is -3.80. The predicted octanol–water partition coefficient (Wildman–Crippen LogP) is 1.90. The van der Waals surface area contributed by atoms with Crippen molar-refractivity contribution >= 4 is 5.78 Å². The van der Waals surface area contributed by atoms with Crippen molar-refractivity contribution < 1.29 is 27.1 Å². The van der Waals surface area contributed by atoms with E-state index in [1.165, 1.54) is 14.0 Å². The Morgan fingerprint density at radius 3 is 2.59 bits per heavy atom. The number of alkyl halides is 4. The van der Waals surface area contributed by atoms with Crippen LogP contribution < -0.4 is 4.74 Å². The van der Waals surface area contributed by atoms with Crippen LogP contribution in [0.2, 0.25) is 0 Å². The van der Waals surface area contributed by atoms with Gasteiger partial charge in [-0.15, -0.1) is 0 Å². The normalized spacial score (nSPS) is 11.9. The summed E-state index contributed by atoms with van der Waals surface area (Å²) in [5, 5.41) is 3.67. The van der Waals surface area contributed by atoms with Crippen LogP contribution >= 0.6 is 0 Å². The smallest absolute Gasteiger partial charge is 0.340 e. The fraction of sp³-hybridized carbons (Fsp3) is 0.556. The number of aromatic nitrogens is 2. The highest BCUT2D eigenvalue weighted by Crippen LogP contribution is 2.24. The number of aryl methyl sites for hydroxylation is 1. The number of rotatable bonds is 5. The van der Waals surface area contributed by atoms with Gasteiger partial charge in [0.15, 0.2) is 12.4 Å². The second-order valence-corrected chi connectivity index (χ2v) is 3.40. The average molecular weight is 254 g/mol. The molecule has 0 aliphatic heterocycles. The minimum Gasteiger partial charge on any atom is -0.471 e. The molecule has 4 nitrogen and oxygen atoms in total. The van der Waals surface area contributed by atoms with Crippen molar-refractivity contribution in [1.29, 1.82) is 0 Å². The van der Waals surface area contributed by atoms with Crippen molar-refractivity contribution in [2.24, 2.45) is 7.05 Å². The van der Waals surface area contributed by atoms with Gasteiger partial charge in [0.25, 0.3) is 0 Å². The Kier molecular flexibility index (Phi) is 3.74. The minimum absolute atomic E-state index is 0.0165. The van der Waals surface area contributed by atoms with Crippen LogP contribution in [0.1, 0.15) is 17.4 Å². The molecule has 0 fully saturated rings. The highest BCUT2D eigenvalue weighted by Gasteiger charge is 2.42. The number of Topliss-reactive ketones (excluding diaryl/α,β-unsaturated/α-hetero) is 1. The van der Waals surface area contributed by atoms with Gasteiger partial charge in [-0.05, 0) is 0 Å².